The number of carbonyl (C=O) groups is 1. The number of aliphatic hydroxyl groups is 1. The second-order valence-electron chi connectivity index (χ2n) is 4.71. The third kappa shape index (κ3) is 4.05. The summed E-state index contributed by atoms with van der Waals surface area (Å²) in [6, 6.07) is 0. The fourth-order valence-corrected chi connectivity index (χ4v) is 2.08. The first-order valence-electron chi connectivity index (χ1n) is 5.28. The zero-order valence-electron chi connectivity index (χ0n) is 9.32. The van der Waals surface area contributed by atoms with Crippen LogP contribution in [0, 0.1) is 5.92 Å². The molecule has 1 saturated heterocycles. The highest BCUT2D eigenvalue weighted by Gasteiger charge is 2.31. The topological polar surface area (TPSA) is 84.6 Å². The summed E-state index contributed by atoms with van der Waals surface area (Å²) in [6.45, 7) is 5.13. The lowest BCUT2D eigenvalue weighted by Gasteiger charge is -2.34. The molecule has 0 saturated carbocycles. The molecule has 5 nitrogen and oxygen atoms in total. The van der Waals surface area contributed by atoms with Crippen molar-refractivity contribution in [3.8, 4) is 0 Å². The Morgan fingerprint density at radius 2 is 2.33 bits per heavy atom. The molecule has 0 aliphatic carbocycles. The maximum Gasteiger partial charge on any atom is 0.405 e. The van der Waals surface area contributed by atoms with E-state index >= 15 is 0 Å². The van der Waals surface area contributed by atoms with Gasteiger partial charge in [0.15, 0.2) is 0 Å². The predicted octanol–water partition coefficient (Wildman–Crippen LogP) is 0.221. The van der Waals surface area contributed by atoms with E-state index in [4.69, 9.17) is 10.5 Å². The summed E-state index contributed by atoms with van der Waals surface area (Å²) in [5.74, 6) is 0.167. The van der Waals surface area contributed by atoms with Crippen molar-refractivity contribution in [3.63, 3.8) is 0 Å². The maximum atomic E-state index is 10.7. The molecule has 15 heavy (non-hydrogen) atoms. The van der Waals surface area contributed by atoms with E-state index in [1.165, 1.54) is 0 Å². The lowest BCUT2D eigenvalue weighted by atomic mass is 9.85. The van der Waals surface area contributed by atoms with Crippen LogP contribution in [-0.4, -0.2) is 36.0 Å². The minimum Gasteiger partial charge on any atom is -0.444 e. The Balaban J connectivity index is 2.47. The second kappa shape index (κ2) is 4.81. The van der Waals surface area contributed by atoms with Gasteiger partial charge in [0, 0.05) is 6.54 Å². The SMILES string of the molecule is CC(C)(C[C@H]1CCNC[C@H]1O)OC(N)=O. The van der Waals surface area contributed by atoms with Crippen LogP contribution in [0.4, 0.5) is 4.79 Å². The predicted molar refractivity (Wildman–Crippen MR) is 56.3 cm³/mol. The second-order valence-corrected chi connectivity index (χ2v) is 4.71. The molecule has 1 heterocycles. The van der Waals surface area contributed by atoms with Crippen LogP contribution in [0.1, 0.15) is 26.7 Å². The van der Waals surface area contributed by atoms with Gasteiger partial charge in [0.2, 0.25) is 0 Å². The van der Waals surface area contributed by atoms with Crippen molar-refractivity contribution in [1.29, 1.82) is 0 Å². The average Bonchev–Trinajstić information content (AvgIpc) is 2.06. The van der Waals surface area contributed by atoms with Gasteiger partial charge in [-0.05, 0) is 39.2 Å². The summed E-state index contributed by atoms with van der Waals surface area (Å²) in [5.41, 5.74) is 4.38. The van der Waals surface area contributed by atoms with Gasteiger partial charge in [0.05, 0.1) is 6.10 Å². The fourth-order valence-electron chi connectivity index (χ4n) is 2.08. The van der Waals surface area contributed by atoms with Crippen molar-refractivity contribution in [3.05, 3.63) is 0 Å². The number of piperidine rings is 1. The van der Waals surface area contributed by atoms with Crippen LogP contribution in [0.3, 0.4) is 0 Å². The first-order valence-corrected chi connectivity index (χ1v) is 5.28. The van der Waals surface area contributed by atoms with Gasteiger partial charge in [-0.15, -0.1) is 0 Å². The number of rotatable bonds is 3. The van der Waals surface area contributed by atoms with Crippen LogP contribution >= 0.6 is 0 Å². The Morgan fingerprint density at radius 1 is 1.67 bits per heavy atom. The van der Waals surface area contributed by atoms with Crippen LogP contribution < -0.4 is 11.1 Å². The van der Waals surface area contributed by atoms with E-state index in [1.54, 1.807) is 0 Å². The number of hydrogen-bond acceptors (Lipinski definition) is 4. The van der Waals surface area contributed by atoms with Crippen molar-refractivity contribution >= 4 is 6.09 Å². The number of nitrogens with one attached hydrogen (secondary N) is 1. The molecule has 1 fully saturated rings. The van der Waals surface area contributed by atoms with Crippen LogP contribution in [0.2, 0.25) is 0 Å². The summed E-state index contributed by atoms with van der Waals surface area (Å²) in [4.78, 5) is 10.7. The van der Waals surface area contributed by atoms with Crippen LogP contribution in [0.25, 0.3) is 0 Å². The van der Waals surface area contributed by atoms with Crippen LogP contribution in [0.15, 0.2) is 0 Å². The summed E-state index contributed by atoms with van der Waals surface area (Å²) in [6.07, 6.45) is 0.406. The third-order valence-electron chi connectivity index (χ3n) is 2.72. The van der Waals surface area contributed by atoms with Gasteiger partial charge >= 0.3 is 6.09 Å². The smallest absolute Gasteiger partial charge is 0.405 e. The summed E-state index contributed by atoms with van der Waals surface area (Å²) < 4.78 is 5.00. The van der Waals surface area contributed by atoms with Gasteiger partial charge in [-0.2, -0.15) is 0 Å². The highest BCUT2D eigenvalue weighted by atomic mass is 16.6. The molecule has 0 aromatic carbocycles. The monoisotopic (exact) mass is 216 g/mol. The molecule has 0 bridgehead atoms. The molecule has 0 radical (unpaired) electrons. The molecule has 0 unspecified atom stereocenters. The molecule has 1 aliphatic rings. The average molecular weight is 216 g/mol. The summed E-state index contributed by atoms with van der Waals surface area (Å²) >= 11 is 0. The fraction of sp³-hybridized carbons (Fsp3) is 0.900. The number of carbonyl (C=O) groups excluding carboxylic acids is 1. The summed E-state index contributed by atoms with van der Waals surface area (Å²) in [5, 5.41) is 12.8. The highest BCUT2D eigenvalue weighted by molar-refractivity contribution is 5.65. The van der Waals surface area contributed by atoms with Gasteiger partial charge < -0.3 is 20.9 Å². The Morgan fingerprint density at radius 3 is 2.87 bits per heavy atom. The van der Waals surface area contributed by atoms with Gasteiger partial charge in [0.1, 0.15) is 5.60 Å². The van der Waals surface area contributed by atoms with E-state index in [9.17, 15) is 9.90 Å². The molecule has 5 heteroatoms. The normalized spacial score (nSPS) is 27.4. The van der Waals surface area contributed by atoms with Gasteiger partial charge in [0.25, 0.3) is 0 Å². The van der Waals surface area contributed by atoms with Crippen molar-refractivity contribution in [2.24, 2.45) is 11.7 Å². The number of β-amino-alcohol motifs (C(OH)–C–C–N with tert-alkyl or cyclic N) is 1. The van der Waals surface area contributed by atoms with E-state index in [0.29, 0.717) is 13.0 Å². The molecule has 2 atom stereocenters. The number of aliphatic hydroxyl groups excluding tert-OH is 1. The van der Waals surface area contributed by atoms with E-state index in [-0.39, 0.29) is 12.0 Å². The van der Waals surface area contributed by atoms with E-state index in [1.807, 2.05) is 13.8 Å². The standard InChI is InChI=1S/C10H20N2O3/c1-10(2,15-9(11)14)5-7-3-4-12-6-8(7)13/h7-8,12-13H,3-6H2,1-2H3,(H2,11,14)/t7-,8-/m1/s1. The van der Waals surface area contributed by atoms with E-state index in [2.05, 4.69) is 5.32 Å². The minimum atomic E-state index is -0.761. The zero-order valence-corrected chi connectivity index (χ0v) is 9.32. The Kier molecular flexibility index (Phi) is 3.93. The first kappa shape index (κ1) is 12.3. The molecule has 88 valence electrons. The van der Waals surface area contributed by atoms with Crippen LogP contribution in [-0.2, 0) is 4.74 Å². The third-order valence-corrected chi connectivity index (χ3v) is 2.72. The van der Waals surface area contributed by atoms with E-state index in [0.717, 1.165) is 13.0 Å². The first-order chi connectivity index (χ1) is 6.91. The molecule has 0 spiro atoms. The quantitative estimate of drug-likeness (QED) is 0.630. The van der Waals surface area contributed by atoms with Crippen LogP contribution in [0.5, 0.6) is 0 Å². The lowest BCUT2D eigenvalue weighted by Crippen LogP contribution is -2.44. The number of amides is 1. The van der Waals surface area contributed by atoms with Gasteiger partial charge in [-0.25, -0.2) is 4.79 Å². The van der Waals surface area contributed by atoms with Gasteiger partial charge in [-0.3, -0.25) is 0 Å². The Hall–Kier alpha value is -0.810. The van der Waals surface area contributed by atoms with Crippen molar-refractivity contribution in [1.82, 2.24) is 5.32 Å². The van der Waals surface area contributed by atoms with Crippen molar-refractivity contribution in [2.75, 3.05) is 13.1 Å². The summed E-state index contributed by atoms with van der Waals surface area (Å²) in [7, 11) is 0. The Bertz CT molecular complexity index is 231. The highest BCUT2D eigenvalue weighted by Crippen LogP contribution is 2.26. The molecule has 1 rings (SSSR count). The molecule has 0 aromatic rings. The van der Waals surface area contributed by atoms with E-state index < -0.39 is 11.7 Å². The largest absolute Gasteiger partial charge is 0.444 e. The molecule has 1 aliphatic heterocycles. The Labute approximate surface area is 90.0 Å². The number of nitrogens with two attached hydrogens (primary N) is 1. The minimum absolute atomic E-state index is 0.167. The molecular formula is C10H20N2O3. The maximum absolute atomic E-state index is 10.7. The van der Waals surface area contributed by atoms with Crippen molar-refractivity contribution < 1.29 is 14.6 Å². The molecule has 1 amide bonds. The number of hydrogen-bond donors (Lipinski definition) is 3. The number of primary amides is 1. The van der Waals surface area contributed by atoms with Gasteiger partial charge in [-0.1, -0.05) is 0 Å². The zero-order chi connectivity index (χ0) is 11.5. The van der Waals surface area contributed by atoms with Crippen molar-refractivity contribution in [2.45, 2.75) is 38.4 Å². The lowest BCUT2D eigenvalue weighted by molar-refractivity contribution is -0.00812. The molecule has 0 aromatic heterocycles. The number of ether oxygens (including phenoxy) is 1. The molecular weight excluding hydrogens is 196 g/mol. The molecule has 4 N–H and O–H groups in total.